The van der Waals surface area contributed by atoms with E-state index >= 15 is 0 Å². The third-order valence-electron chi connectivity index (χ3n) is 2.84. The van der Waals surface area contributed by atoms with E-state index < -0.39 is 0 Å². The van der Waals surface area contributed by atoms with Gasteiger partial charge in [-0.25, -0.2) is 0 Å². The average Bonchev–Trinajstić information content (AvgIpc) is 2.19. The zero-order valence-corrected chi connectivity index (χ0v) is 9.16. The molecule has 1 aromatic rings. The van der Waals surface area contributed by atoms with Gasteiger partial charge < -0.3 is 10.5 Å². The van der Waals surface area contributed by atoms with Crippen molar-refractivity contribution in [3.05, 3.63) is 35.9 Å². The predicted molar refractivity (Wildman–Crippen MR) is 59.0 cm³/mol. The first-order chi connectivity index (χ1) is 6.59. The zero-order valence-electron chi connectivity index (χ0n) is 9.16. The van der Waals surface area contributed by atoms with Crippen molar-refractivity contribution in [2.24, 2.45) is 11.7 Å². The Morgan fingerprint density at radius 1 is 1.36 bits per heavy atom. The molecule has 1 rings (SSSR count). The zero-order chi connectivity index (χ0) is 10.6. The van der Waals surface area contributed by atoms with Crippen molar-refractivity contribution in [3.63, 3.8) is 0 Å². The van der Waals surface area contributed by atoms with Crippen LogP contribution >= 0.6 is 0 Å². The Hall–Kier alpha value is -0.860. The van der Waals surface area contributed by atoms with E-state index in [4.69, 9.17) is 10.5 Å². The van der Waals surface area contributed by atoms with Gasteiger partial charge in [-0.05, 0) is 12.5 Å². The number of methoxy groups -OCH3 is 1. The highest BCUT2D eigenvalue weighted by atomic mass is 16.5. The van der Waals surface area contributed by atoms with Gasteiger partial charge in [0.05, 0.1) is 6.61 Å². The third-order valence-corrected chi connectivity index (χ3v) is 2.84. The molecule has 2 nitrogen and oxygen atoms in total. The predicted octanol–water partition coefficient (Wildman–Crippen LogP) is 2.14. The quantitative estimate of drug-likeness (QED) is 0.795. The van der Waals surface area contributed by atoms with Crippen LogP contribution in [0, 0.1) is 5.92 Å². The summed E-state index contributed by atoms with van der Waals surface area (Å²) in [4.78, 5) is 0. The Morgan fingerprint density at radius 3 is 2.43 bits per heavy atom. The molecule has 0 aromatic heterocycles. The third kappa shape index (κ3) is 2.34. The van der Waals surface area contributed by atoms with Crippen LogP contribution in [0.1, 0.15) is 19.4 Å². The lowest BCUT2D eigenvalue weighted by Gasteiger charge is -2.31. The van der Waals surface area contributed by atoms with Crippen LogP contribution in [0.2, 0.25) is 0 Å². The number of hydrogen-bond acceptors (Lipinski definition) is 2. The number of ether oxygens (including phenoxy) is 1. The first-order valence-corrected chi connectivity index (χ1v) is 4.92. The van der Waals surface area contributed by atoms with Crippen LogP contribution in [0.5, 0.6) is 0 Å². The molecule has 0 amide bonds. The van der Waals surface area contributed by atoms with E-state index in [1.165, 1.54) is 0 Å². The van der Waals surface area contributed by atoms with Gasteiger partial charge in [-0.15, -0.1) is 0 Å². The summed E-state index contributed by atoms with van der Waals surface area (Å²) in [5, 5.41) is 0. The maximum atomic E-state index is 6.29. The summed E-state index contributed by atoms with van der Waals surface area (Å²) in [5.74, 6) is 0.301. The minimum absolute atomic E-state index is 0.301. The van der Waals surface area contributed by atoms with Crippen LogP contribution in [0.15, 0.2) is 30.3 Å². The molecule has 0 spiro atoms. The second kappa shape index (κ2) is 4.58. The second-order valence-corrected chi connectivity index (χ2v) is 4.01. The summed E-state index contributed by atoms with van der Waals surface area (Å²) >= 11 is 0. The molecule has 2 heteroatoms. The summed E-state index contributed by atoms with van der Waals surface area (Å²) in [6, 6.07) is 10.2. The van der Waals surface area contributed by atoms with Crippen molar-refractivity contribution in [2.75, 3.05) is 13.7 Å². The van der Waals surface area contributed by atoms with Gasteiger partial charge in [-0.2, -0.15) is 0 Å². The number of rotatable bonds is 4. The second-order valence-electron chi connectivity index (χ2n) is 4.01. The fourth-order valence-electron chi connectivity index (χ4n) is 1.50. The standard InChI is InChI=1S/C12H19NO/c1-10(9-14-3)12(2,13)11-7-5-4-6-8-11/h4-8,10H,9,13H2,1-3H3. The number of hydrogen-bond donors (Lipinski definition) is 1. The minimum atomic E-state index is -0.322. The SMILES string of the molecule is COCC(C)C(C)(N)c1ccccc1. The van der Waals surface area contributed by atoms with E-state index in [0.29, 0.717) is 12.5 Å². The molecule has 0 heterocycles. The average molecular weight is 193 g/mol. The Bertz CT molecular complexity index is 269. The minimum Gasteiger partial charge on any atom is -0.384 e. The van der Waals surface area contributed by atoms with Crippen LogP contribution in [0.3, 0.4) is 0 Å². The Kier molecular flexibility index (Phi) is 3.67. The highest BCUT2D eigenvalue weighted by molar-refractivity contribution is 5.23. The normalized spacial score (nSPS) is 17.4. The summed E-state index contributed by atoms with van der Waals surface area (Å²) in [6.45, 7) is 4.84. The van der Waals surface area contributed by atoms with Gasteiger partial charge in [-0.3, -0.25) is 0 Å². The summed E-state index contributed by atoms with van der Waals surface area (Å²) in [7, 11) is 1.71. The molecule has 0 saturated heterocycles. The lowest BCUT2D eigenvalue weighted by Crippen LogP contribution is -2.41. The van der Waals surface area contributed by atoms with E-state index in [1.807, 2.05) is 25.1 Å². The van der Waals surface area contributed by atoms with Gasteiger partial charge in [0.25, 0.3) is 0 Å². The van der Waals surface area contributed by atoms with E-state index in [0.717, 1.165) is 5.56 Å². The Morgan fingerprint density at radius 2 is 1.93 bits per heavy atom. The largest absolute Gasteiger partial charge is 0.384 e. The van der Waals surface area contributed by atoms with Gasteiger partial charge in [0, 0.05) is 18.6 Å². The van der Waals surface area contributed by atoms with Gasteiger partial charge >= 0.3 is 0 Å². The highest BCUT2D eigenvalue weighted by Crippen LogP contribution is 2.26. The fraction of sp³-hybridized carbons (Fsp3) is 0.500. The van der Waals surface area contributed by atoms with Gasteiger partial charge in [0.15, 0.2) is 0 Å². The van der Waals surface area contributed by atoms with Crippen LogP contribution in [-0.2, 0) is 10.3 Å². The smallest absolute Gasteiger partial charge is 0.0508 e. The Labute approximate surface area is 86.1 Å². The maximum Gasteiger partial charge on any atom is 0.0508 e. The monoisotopic (exact) mass is 193 g/mol. The molecule has 14 heavy (non-hydrogen) atoms. The van der Waals surface area contributed by atoms with Crippen LogP contribution in [0.25, 0.3) is 0 Å². The van der Waals surface area contributed by atoms with Crippen molar-refractivity contribution in [1.29, 1.82) is 0 Å². The first-order valence-electron chi connectivity index (χ1n) is 4.92. The lowest BCUT2D eigenvalue weighted by molar-refractivity contribution is 0.121. The summed E-state index contributed by atoms with van der Waals surface area (Å²) < 4.78 is 5.13. The molecule has 0 fully saturated rings. The van der Waals surface area contributed by atoms with Gasteiger partial charge in [0.2, 0.25) is 0 Å². The molecule has 0 aliphatic carbocycles. The van der Waals surface area contributed by atoms with Crippen molar-refractivity contribution < 1.29 is 4.74 Å². The molecule has 1 aromatic carbocycles. The van der Waals surface area contributed by atoms with Crippen LogP contribution in [-0.4, -0.2) is 13.7 Å². The molecule has 0 aliphatic rings. The molecular formula is C12H19NO. The van der Waals surface area contributed by atoms with E-state index in [2.05, 4.69) is 19.1 Å². The molecule has 2 unspecified atom stereocenters. The van der Waals surface area contributed by atoms with E-state index in [-0.39, 0.29) is 5.54 Å². The highest BCUT2D eigenvalue weighted by Gasteiger charge is 2.27. The van der Waals surface area contributed by atoms with E-state index in [9.17, 15) is 0 Å². The molecule has 2 atom stereocenters. The Balaban J connectivity index is 2.84. The molecule has 0 bridgehead atoms. The summed E-state index contributed by atoms with van der Waals surface area (Å²) in [5.41, 5.74) is 7.12. The van der Waals surface area contributed by atoms with Gasteiger partial charge in [-0.1, -0.05) is 37.3 Å². The summed E-state index contributed by atoms with van der Waals surface area (Å²) in [6.07, 6.45) is 0. The lowest BCUT2D eigenvalue weighted by atomic mass is 9.82. The molecule has 78 valence electrons. The van der Waals surface area contributed by atoms with Crippen molar-refractivity contribution in [1.82, 2.24) is 0 Å². The topological polar surface area (TPSA) is 35.2 Å². The number of benzene rings is 1. The van der Waals surface area contributed by atoms with Crippen LogP contribution in [0.4, 0.5) is 0 Å². The molecule has 0 aliphatic heterocycles. The molecular weight excluding hydrogens is 174 g/mol. The first kappa shape index (κ1) is 11.2. The number of nitrogens with two attached hydrogens (primary N) is 1. The van der Waals surface area contributed by atoms with Crippen molar-refractivity contribution >= 4 is 0 Å². The molecule has 0 saturated carbocycles. The van der Waals surface area contributed by atoms with Crippen LogP contribution < -0.4 is 5.73 Å². The van der Waals surface area contributed by atoms with Gasteiger partial charge in [0.1, 0.15) is 0 Å². The maximum absolute atomic E-state index is 6.29. The fourth-order valence-corrected chi connectivity index (χ4v) is 1.50. The van der Waals surface area contributed by atoms with Crippen molar-refractivity contribution in [3.8, 4) is 0 Å². The molecule has 0 radical (unpaired) electrons. The van der Waals surface area contributed by atoms with Crippen molar-refractivity contribution in [2.45, 2.75) is 19.4 Å². The van der Waals surface area contributed by atoms with E-state index in [1.54, 1.807) is 7.11 Å². The molecule has 2 N–H and O–H groups in total.